The molecular weight excluding hydrogens is 427 g/mol. The molecule has 4 rings (SSSR count). The Balaban J connectivity index is 1.09. The summed E-state index contributed by atoms with van der Waals surface area (Å²) in [7, 11) is 1.85. The van der Waals surface area contributed by atoms with Crippen molar-refractivity contribution in [2.45, 2.75) is 95.4 Å². The summed E-state index contributed by atoms with van der Waals surface area (Å²) in [4.78, 5) is 32.0. The van der Waals surface area contributed by atoms with Crippen molar-refractivity contribution < 1.29 is 18.8 Å². The highest BCUT2D eigenvalue weighted by atomic mass is 19.1. The summed E-state index contributed by atoms with van der Waals surface area (Å²) in [6, 6.07) is 0. The highest BCUT2D eigenvalue weighted by Gasteiger charge is 2.39. The predicted octanol–water partition coefficient (Wildman–Crippen LogP) is 1.28. The smallest absolute Gasteiger partial charge is 0.237 e. The summed E-state index contributed by atoms with van der Waals surface area (Å²) in [5.41, 5.74) is 8.98. The first kappa shape index (κ1) is 24.8. The van der Waals surface area contributed by atoms with Crippen molar-refractivity contribution in [2.24, 2.45) is 17.8 Å². The Morgan fingerprint density at radius 1 is 1.18 bits per heavy atom. The normalized spacial score (nSPS) is 36.8. The monoisotopic (exact) mass is 468 g/mol. The first-order valence-corrected chi connectivity index (χ1v) is 12.9. The highest BCUT2D eigenvalue weighted by Crippen LogP contribution is 2.33. The Labute approximate surface area is 196 Å². The van der Waals surface area contributed by atoms with Crippen LogP contribution in [0.15, 0.2) is 0 Å². The van der Waals surface area contributed by atoms with Gasteiger partial charge in [-0.25, -0.2) is 9.82 Å². The molecule has 188 valence electrons. The van der Waals surface area contributed by atoms with Crippen LogP contribution in [0.1, 0.15) is 70.6 Å². The van der Waals surface area contributed by atoms with Crippen LogP contribution in [-0.4, -0.2) is 61.6 Å². The zero-order chi connectivity index (χ0) is 23.2. The van der Waals surface area contributed by atoms with E-state index >= 15 is 0 Å². The van der Waals surface area contributed by atoms with Crippen molar-refractivity contribution in [1.29, 1.82) is 0 Å². The van der Waals surface area contributed by atoms with Gasteiger partial charge >= 0.3 is 0 Å². The fourth-order valence-electron chi connectivity index (χ4n) is 5.79. The van der Waals surface area contributed by atoms with Gasteiger partial charge in [-0.2, -0.15) is 5.48 Å². The summed E-state index contributed by atoms with van der Waals surface area (Å²) >= 11 is 0. The van der Waals surface area contributed by atoms with Gasteiger partial charge in [-0.05, 0) is 63.8 Å². The quantitative estimate of drug-likeness (QED) is 0.325. The molecule has 0 aromatic rings. The van der Waals surface area contributed by atoms with Crippen LogP contribution >= 0.6 is 0 Å². The molecule has 4 fully saturated rings. The molecule has 0 radical (unpaired) electrons. The van der Waals surface area contributed by atoms with Crippen LogP contribution in [0.5, 0.6) is 0 Å². The number of hydrogen-bond donors (Lipinski definition) is 5. The number of hydrogen-bond acceptors (Lipinski definition) is 7. The zero-order valence-electron chi connectivity index (χ0n) is 19.8. The molecule has 4 aliphatic rings. The minimum atomic E-state index is -0.660. The van der Waals surface area contributed by atoms with E-state index < -0.39 is 6.17 Å². The van der Waals surface area contributed by atoms with Gasteiger partial charge in [0.2, 0.25) is 11.8 Å². The zero-order valence-corrected chi connectivity index (χ0v) is 19.8. The third-order valence-electron chi connectivity index (χ3n) is 7.89. The van der Waals surface area contributed by atoms with E-state index in [-0.39, 0.29) is 36.3 Å². The van der Waals surface area contributed by atoms with Crippen molar-refractivity contribution in [3.63, 3.8) is 0 Å². The minimum Gasteiger partial charge on any atom is -0.346 e. The number of halogens is 1. The van der Waals surface area contributed by atoms with Crippen molar-refractivity contribution in [3.05, 3.63) is 0 Å². The van der Waals surface area contributed by atoms with E-state index in [1.54, 1.807) is 4.90 Å². The van der Waals surface area contributed by atoms with Gasteiger partial charge in [-0.3, -0.25) is 25.2 Å². The molecule has 2 saturated carbocycles. The number of carbonyl (C=O) groups excluding carboxylic acids is 2. The third-order valence-corrected chi connectivity index (χ3v) is 7.89. The van der Waals surface area contributed by atoms with Crippen LogP contribution in [0.2, 0.25) is 0 Å². The van der Waals surface area contributed by atoms with E-state index in [2.05, 4.69) is 27.0 Å². The Bertz CT molecular complexity index is 662. The highest BCUT2D eigenvalue weighted by molar-refractivity contribution is 5.79. The van der Waals surface area contributed by atoms with Crippen molar-refractivity contribution >= 4 is 11.8 Å². The first-order chi connectivity index (χ1) is 16.0. The van der Waals surface area contributed by atoms with Crippen molar-refractivity contribution in [1.82, 2.24) is 31.9 Å². The van der Waals surface area contributed by atoms with E-state index in [0.717, 1.165) is 45.1 Å². The Morgan fingerprint density at radius 3 is 2.79 bits per heavy atom. The van der Waals surface area contributed by atoms with Crippen molar-refractivity contribution in [2.75, 3.05) is 20.1 Å². The Kier molecular flexibility index (Phi) is 8.92. The fourth-order valence-corrected chi connectivity index (χ4v) is 5.79. The average molecular weight is 469 g/mol. The Morgan fingerprint density at radius 2 is 1.97 bits per heavy atom. The number of hydrazine groups is 1. The van der Waals surface area contributed by atoms with Crippen molar-refractivity contribution in [3.8, 4) is 0 Å². The second-order valence-electron chi connectivity index (χ2n) is 10.2. The lowest BCUT2D eigenvalue weighted by Crippen LogP contribution is -2.64. The number of nitrogens with one attached hydrogen (secondary N) is 5. The predicted molar refractivity (Wildman–Crippen MR) is 122 cm³/mol. The maximum atomic E-state index is 13.4. The number of carbonyl (C=O) groups is 2. The largest absolute Gasteiger partial charge is 0.346 e. The van der Waals surface area contributed by atoms with Crippen LogP contribution in [0.25, 0.3) is 0 Å². The lowest BCUT2D eigenvalue weighted by Gasteiger charge is -2.41. The summed E-state index contributed by atoms with van der Waals surface area (Å²) in [5.74, 6) is 1.06. The molecule has 5 unspecified atom stereocenters. The van der Waals surface area contributed by atoms with Gasteiger partial charge in [0.15, 0.2) is 0 Å². The van der Waals surface area contributed by atoms with E-state index in [1.165, 1.54) is 6.42 Å². The van der Waals surface area contributed by atoms with Crippen LogP contribution in [0.4, 0.5) is 4.39 Å². The second kappa shape index (κ2) is 11.9. The molecule has 10 heteroatoms. The molecule has 5 atom stereocenters. The van der Waals surface area contributed by atoms with E-state index in [1.807, 2.05) is 7.05 Å². The summed E-state index contributed by atoms with van der Waals surface area (Å²) < 4.78 is 13.4. The number of amides is 2. The third kappa shape index (κ3) is 6.63. The van der Waals surface area contributed by atoms with E-state index in [4.69, 9.17) is 4.84 Å². The minimum absolute atomic E-state index is 0.0448. The molecule has 2 amide bonds. The van der Waals surface area contributed by atoms with Gasteiger partial charge < -0.3 is 10.2 Å². The van der Waals surface area contributed by atoms with Crippen LogP contribution < -0.4 is 27.0 Å². The van der Waals surface area contributed by atoms with Gasteiger partial charge in [0, 0.05) is 31.8 Å². The molecule has 2 aliphatic carbocycles. The number of nitrogens with zero attached hydrogens (tertiary/aromatic N) is 1. The molecular formula is C23H41FN6O3. The standard InChI is InChI=1S/C23H41FN6O3/c1-30(14-4-13-25-22-17-5-2-3-6-18(17)23(32)28-27-22)20(31)12-11-19-26-21(29-33-19)15-7-9-16(24)10-8-15/h15-19,21-22,25-27,29H,2-14H2,1H3,(H,28,32). The SMILES string of the molecule is CN(CCCNC1NNC(=O)C2CCCCC12)C(=O)CCC1NC(C2CCC(F)CC2)NO1. The number of hydroxylamine groups is 1. The van der Waals surface area contributed by atoms with Gasteiger partial charge in [0.05, 0.1) is 12.3 Å². The van der Waals surface area contributed by atoms with Gasteiger partial charge in [-0.15, -0.1) is 0 Å². The molecule has 9 nitrogen and oxygen atoms in total. The molecule has 2 saturated heterocycles. The topological polar surface area (TPSA) is 107 Å². The average Bonchev–Trinajstić information content (AvgIpc) is 3.31. The maximum absolute atomic E-state index is 13.4. The number of rotatable bonds is 9. The lowest BCUT2D eigenvalue weighted by molar-refractivity contribution is -0.134. The maximum Gasteiger partial charge on any atom is 0.237 e. The van der Waals surface area contributed by atoms with E-state index in [9.17, 15) is 14.0 Å². The number of fused-ring (bicyclic) bond motifs is 1. The molecule has 0 spiro atoms. The van der Waals surface area contributed by atoms with Gasteiger partial charge in [0.1, 0.15) is 12.4 Å². The number of alkyl halides is 1. The molecule has 2 heterocycles. The van der Waals surface area contributed by atoms with E-state index in [0.29, 0.717) is 44.1 Å². The van der Waals surface area contributed by atoms with Crippen LogP contribution in [0, 0.1) is 17.8 Å². The second-order valence-corrected chi connectivity index (χ2v) is 10.2. The van der Waals surface area contributed by atoms with Gasteiger partial charge in [0.25, 0.3) is 0 Å². The molecule has 2 aliphatic heterocycles. The first-order valence-electron chi connectivity index (χ1n) is 12.9. The Hall–Kier alpha value is -1.33. The molecule has 33 heavy (non-hydrogen) atoms. The van der Waals surface area contributed by atoms with Crippen LogP contribution in [0.3, 0.4) is 0 Å². The van der Waals surface area contributed by atoms with Crippen LogP contribution in [-0.2, 0) is 14.4 Å². The molecule has 5 N–H and O–H groups in total. The fraction of sp³-hybridized carbons (Fsp3) is 0.913. The lowest BCUT2D eigenvalue weighted by atomic mass is 9.76. The molecule has 0 aromatic carbocycles. The molecule has 0 aromatic heterocycles. The van der Waals surface area contributed by atoms with Gasteiger partial charge in [-0.1, -0.05) is 12.8 Å². The summed E-state index contributed by atoms with van der Waals surface area (Å²) in [6.45, 7) is 1.47. The molecule has 0 bridgehead atoms. The summed E-state index contributed by atoms with van der Waals surface area (Å²) in [6.07, 6.45) is 8.52. The summed E-state index contributed by atoms with van der Waals surface area (Å²) in [5, 5.41) is 6.94.